The smallest absolute Gasteiger partial charge is 0.323 e. The number of imidazole rings is 1. The van der Waals surface area contributed by atoms with Crippen LogP contribution in [0.3, 0.4) is 0 Å². The lowest BCUT2D eigenvalue weighted by atomic mass is 9.94. The third-order valence-electron chi connectivity index (χ3n) is 5.09. The SMILES string of the molecule is Cc1noc(C)c1-c1cc(-c2cccnc2-c2ccccc2)c2[nH]c(=O)[nH]c2c1. The van der Waals surface area contributed by atoms with Crippen LogP contribution in [0.15, 0.2) is 70.1 Å². The summed E-state index contributed by atoms with van der Waals surface area (Å²) < 4.78 is 5.36. The molecule has 0 atom stereocenters. The summed E-state index contributed by atoms with van der Waals surface area (Å²) in [6, 6.07) is 17.9. The van der Waals surface area contributed by atoms with Gasteiger partial charge in [0.05, 0.1) is 22.4 Å². The molecule has 2 aromatic carbocycles. The Hall–Kier alpha value is -3.93. The van der Waals surface area contributed by atoms with Gasteiger partial charge in [-0.05, 0) is 37.6 Å². The molecule has 142 valence electrons. The summed E-state index contributed by atoms with van der Waals surface area (Å²) >= 11 is 0. The van der Waals surface area contributed by atoms with Gasteiger partial charge in [0.15, 0.2) is 0 Å². The fraction of sp³-hybridized carbons (Fsp3) is 0.0870. The predicted molar refractivity (Wildman–Crippen MR) is 113 cm³/mol. The number of aryl methyl sites for hydroxylation is 2. The highest BCUT2D eigenvalue weighted by Crippen LogP contribution is 2.38. The van der Waals surface area contributed by atoms with Crippen molar-refractivity contribution < 1.29 is 4.52 Å². The lowest BCUT2D eigenvalue weighted by molar-refractivity contribution is 0.393. The van der Waals surface area contributed by atoms with E-state index in [1.165, 1.54) is 0 Å². The van der Waals surface area contributed by atoms with Crippen molar-refractivity contribution in [3.8, 4) is 33.5 Å². The number of aromatic nitrogens is 4. The Morgan fingerprint density at radius 1 is 0.897 bits per heavy atom. The van der Waals surface area contributed by atoms with Crippen molar-refractivity contribution in [2.45, 2.75) is 13.8 Å². The fourth-order valence-corrected chi connectivity index (χ4v) is 3.84. The molecule has 0 amide bonds. The van der Waals surface area contributed by atoms with Gasteiger partial charge in [-0.25, -0.2) is 4.79 Å². The molecule has 6 nitrogen and oxygen atoms in total. The first-order valence-electron chi connectivity index (χ1n) is 9.32. The molecule has 0 spiro atoms. The summed E-state index contributed by atoms with van der Waals surface area (Å²) in [5.74, 6) is 0.736. The molecule has 0 unspecified atom stereocenters. The highest BCUT2D eigenvalue weighted by Gasteiger charge is 2.18. The van der Waals surface area contributed by atoms with Crippen molar-refractivity contribution in [2.75, 3.05) is 0 Å². The van der Waals surface area contributed by atoms with Crippen LogP contribution in [0.4, 0.5) is 0 Å². The zero-order valence-electron chi connectivity index (χ0n) is 16.0. The molecule has 2 N–H and O–H groups in total. The van der Waals surface area contributed by atoms with Crippen LogP contribution in [0.25, 0.3) is 44.5 Å². The van der Waals surface area contributed by atoms with Gasteiger partial charge in [0, 0.05) is 28.5 Å². The number of nitrogens with zero attached hydrogens (tertiary/aromatic N) is 2. The average Bonchev–Trinajstić information content (AvgIpc) is 3.28. The molecule has 0 fully saturated rings. The zero-order chi connectivity index (χ0) is 20.0. The third-order valence-corrected chi connectivity index (χ3v) is 5.09. The summed E-state index contributed by atoms with van der Waals surface area (Å²) in [6.45, 7) is 3.80. The second-order valence-corrected chi connectivity index (χ2v) is 6.99. The van der Waals surface area contributed by atoms with Crippen LogP contribution in [-0.4, -0.2) is 20.1 Å². The summed E-state index contributed by atoms with van der Waals surface area (Å²) in [7, 11) is 0. The van der Waals surface area contributed by atoms with E-state index in [4.69, 9.17) is 4.52 Å². The van der Waals surface area contributed by atoms with Crippen molar-refractivity contribution in [2.24, 2.45) is 0 Å². The maximum absolute atomic E-state index is 12.1. The highest BCUT2D eigenvalue weighted by atomic mass is 16.5. The van der Waals surface area contributed by atoms with Gasteiger partial charge in [0.25, 0.3) is 0 Å². The van der Waals surface area contributed by atoms with Crippen molar-refractivity contribution in [1.82, 2.24) is 20.1 Å². The lowest BCUT2D eigenvalue weighted by Gasteiger charge is -2.12. The topological polar surface area (TPSA) is 87.6 Å². The van der Waals surface area contributed by atoms with Gasteiger partial charge in [-0.1, -0.05) is 41.6 Å². The van der Waals surface area contributed by atoms with E-state index in [1.54, 1.807) is 6.20 Å². The molecule has 3 aromatic heterocycles. The molecule has 0 radical (unpaired) electrons. The van der Waals surface area contributed by atoms with Gasteiger partial charge in [-0.15, -0.1) is 0 Å². The van der Waals surface area contributed by atoms with Crippen LogP contribution >= 0.6 is 0 Å². The van der Waals surface area contributed by atoms with Crippen LogP contribution in [0, 0.1) is 13.8 Å². The van der Waals surface area contributed by atoms with E-state index in [0.29, 0.717) is 0 Å². The molecule has 0 aliphatic rings. The Kier molecular flexibility index (Phi) is 3.91. The number of fused-ring (bicyclic) bond motifs is 1. The number of H-pyrrole nitrogens is 2. The molecule has 5 rings (SSSR count). The number of aromatic amines is 2. The Bertz CT molecular complexity index is 1370. The van der Waals surface area contributed by atoms with Crippen molar-refractivity contribution in [3.63, 3.8) is 0 Å². The molecule has 6 heteroatoms. The van der Waals surface area contributed by atoms with Gasteiger partial charge >= 0.3 is 5.69 Å². The first kappa shape index (κ1) is 17.2. The van der Waals surface area contributed by atoms with E-state index in [2.05, 4.69) is 26.2 Å². The molecule has 3 heterocycles. The highest BCUT2D eigenvalue weighted by molar-refractivity contribution is 5.99. The van der Waals surface area contributed by atoms with Gasteiger partial charge in [-0.3, -0.25) is 4.98 Å². The maximum Gasteiger partial charge on any atom is 0.323 e. The summed E-state index contributed by atoms with van der Waals surface area (Å²) in [4.78, 5) is 22.5. The molecule has 5 aromatic rings. The molecular weight excluding hydrogens is 364 g/mol. The second-order valence-electron chi connectivity index (χ2n) is 6.99. The normalized spacial score (nSPS) is 11.2. The number of rotatable bonds is 3. The van der Waals surface area contributed by atoms with Gasteiger partial charge in [-0.2, -0.15) is 0 Å². The van der Waals surface area contributed by atoms with E-state index < -0.39 is 0 Å². The number of hydrogen-bond acceptors (Lipinski definition) is 4. The summed E-state index contributed by atoms with van der Waals surface area (Å²) in [5, 5.41) is 4.08. The number of nitrogens with one attached hydrogen (secondary N) is 2. The van der Waals surface area contributed by atoms with Crippen LogP contribution in [0.5, 0.6) is 0 Å². The molecule has 0 aliphatic heterocycles. The van der Waals surface area contributed by atoms with E-state index in [-0.39, 0.29) is 5.69 Å². The van der Waals surface area contributed by atoms with Gasteiger partial charge < -0.3 is 14.5 Å². The van der Waals surface area contributed by atoms with Crippen molar-refractivity contribution >= 4 is 11.0 Å². The Balaban J connectivity index is 1.84. The first-order valence-corrected chi connectivity index (χ1v) is 9.32. The standard InChI is InChI=1S/C23H18N4O2/c1-13-20(14(2)29-27-13)16-11-18(22-19(12-16)25-23(28)26-22)17-9-6-10-24-21(17)15-7-4-3-5-8-15/h3-12H,1-2H3,(H2,25,26,28). The molecular formula is C23H18N4O2. The minimum atomic E-state index is -0.248. The molecule has 0 bridgehead atoms. The Labute approximate surface area is 166 Å². The summed E-state index contributed by atoms with van der Waals surface area (Å²) in [5.41, 5.74) is 7.59. The number of pyridine rings is 1. The largest absolute Gasteiger partial charge is 0.361 e. The molecule has 0 aliphatic carbocycles. The maximum atomic E-state index is 12.1. The molecule has 29 heavy (non-hydrogen) atoms. The van der Waals surface area contributed by atoms with Crippen LogP contribution in [-0.2, 0) is 0 Å². The lowest BCUT2D eigenvalue weighted by Crippen LogP contribution is -1.99. The minimum Gasteiger partial charge on any atom is -0.361 e. The number of hydrogen-bond donors (Lipinski definition) is 2. The average molecular weight is 382 g/mol. The van der Waals surface area contributed by atoms with Crippen molar-refractivity contribution in [1.29, 1.82) is 0 Å². The second kappa shape index (κ2) is 6.60. The first-order chi connectivity index (χ1) is 14.1. The van der Waals surface area contributed by atoms with E-state index >= 15 is 0 Å². The monoisotopic (exact) mass is 382 g/mol. The predicted octanol–water partition coefficient (Wildman–Crippen LogP) is 4.86. The fourth-order valence-electron chi connectivity index (χ4n) is 3.84. The van der Waals surface area contributed by atoms with Gasteiger partial charge in [0.2, 0.25) is 0 Å². The van der Waals surface area contributed by atoms with E-state index in [1.807, 2.05) is 62.4 Å². The third kappa shape index (κ3) is 2.86. The minimum absolute atomic E-state index is 0.248. The van der Waals surface area contributed by atoms with Crippen LogP contribution < -0.4 is 5.69 Å². The van der Waals surface area contributed by atoms with E-state index in [0.717, 1.165) is 56.0 Å². The van der Waals surface area contributed by atoms with Crippen LogP contribution in [0.2, 0.25) is 0 Å². The summed E-state index contributed by atoms with van der Waals surface area (Å²) in [6.07, 6.45) is 1.78. The van der Waals surface area contributed by atoms with Crippen LogP contribution in [0.1, 0.15) is 11.5 Å². The zero-order valence-corrected chi connectivity index (χ0v) is 16.0. The Morgan fingerprint density at radius 3 is 2.48 bits per heavy atom. The molecule has 0 saturated carbocycles. The van der Waals surface area contributed by atoms with Gasteiger partial charge in [0.1, 0.15) is 5.76 Å². The molecule has 0 saturated heterocycles. The van der Waals surface area contributed by atoms with Crippen molar-refractivity contribution in [3.05, 3.63) is 82.7 Å². The number of benzene rings is 2. The Morgan fingerprint density at radius 2 is 1.72 bits per heavy atom. The quantitative estimate of drug-likeness (QED) is 0.467. The van der Waals surface area contributed by atoms with E-state index in [9.17, 15) is 4.79 Å².